The molecule has 4 N–H and O–H groups in total. The van der Waals surface area contributed by atoms with Gasteiger partial charge in [-0.25, -0.2) is 0 Å². The largest absolute Gasteiger partial charge is 0.356 e. The molecule has 0 amide bonds. The van der Waals surface area contributed by atoms with E-state index in [1.807, 2.05) is 0 Å². The molecule has 3 heteroatoms. The standard InChI is InChI=1S/C9H20N2O/c1-4-8(5-2)12-9(11)7(3)6-10/h8-9H,3-6,10-11H2,1-2H3. The Morgan fingerprint density at radius 1 is 1.42 bits per heavy atom. The molecule has 1 atom stereocenters. The quantitative estimate of drug-likeness (QED) is 0.464. The number of hydrogen-bond donors (Lipinski definition) is 2. The molecular weight excluding hydrogens is 152 g/mol. The predicted molar refractivity (Wildman–Crippen MR) is 51.6 cm³/mol. The topological polar surface area (TPSA) is 61.3 Å². The molecule has 0 aliphatic carbocycles. The highest BCUT2D eigenvalue weighted by molar-refractivity contribution is 5.01. The molecule has 12 heavy (non-hydrogen) atoms. The molecule has 0 radical (unpaired) electrons. The van der Waals surface area contributed by atoms with Gasteiger partial charge < -0.3 is 16.2 Å². The molecule has 0 aromatic carbocycles. The van der Waals surface area contributed by atoms with Crippen LogP contribution in [0.5, 0.6) is 0 Å². The zero-order valence-corrected chi connectivity index (χ0v) is 8.05. The van der Waals surface area contributed by atoms with Gasteiger partial charge in [0, 0.05) is 6.54 Å². The van der Waals surface area contributed by atoms with Gasteiger partial charge in [-0.05, 0) is 18.4 Å². The minimum Gasteiger partial charge on any atom is -0.356 e. The molecule has 0 aromatic heterocycles. The number of ether oxygens (including phenoxy) is 1. The second kappa shape index (κ2) is 6.17. The fraction of sp³-hybridized carbons (Fsp3) is 0.778. The Labute approximate surface area is 74.8 Å². The van der Waals surface area contributed by atoms with Gasteiger partial charge in [0.15, 0.2) is 0 Å². The van der Waals surface area contributed by atoms with Gasteiger partial charge in [0.05, 0.1) is 6.10 Å². The molecule has 0 saturated carbocycles. The average Bonchev–Trinajstić information content (AvgIpc) is 2.12. The third kappa shape index (κ3) is 3.85. The molecule has 72 valence electrons. The number of rotatable bonds is 6. The van der Waals surface area contributed by atoms with Gasteiger partial charge in [-0.1, -0.05) is 20.4 Å². The molecule has 0 bridgehead atoms. The van der Waals surface area contributed by atoms with Crippen molar-refractivity contribution in [2.45, 2.75) is 39.0 Å². The van der Waals surface area contributed by atoms with Gasteiger partial charge in [0.25, 0.3) is 0 Å². The van der Waals surface area contributed by atoms with Crippen LogP contribution < -0.4 is 11.5 Å². The highest BCUT2D eigenvalue weighted by Crippen LogP contribution is 2.07. The van der Waals surface area contributed by atoms with Crippen LogP contribution in [-0.4, -0.2) is 18.9 Å². The number of hydrogen-bond acceptors (Lipinski definition) is 3. The minimum absolute atomic E-state index is 0.225. The molecule has 0 heterocycles. The average molecular weight is 172 g/mol. The third-order valence-electron chi connectivity index (χ3n) is 1.91. The van der Waals surface area contributed by atoms with E-state index < -0.39 is 6.23 Å². The molecule has 0 saturated heterocycles. The van der Waals surface area contributed by atoms with Crippen molar-refractivity contribution >= 4 is 0 Å². The fourth-order valence-corrected chi connectivity index (χ4v) is 0.901. The van der Waals surface area contributed by atoms with Crippen molar-refractivity contribution in [1.82, 2.24) is 0 Å². The maximum Gasteiger partial charge on any atom is 0.129 e. The van der Waals surface area contributed by atoms with Crippen LogP contribution >= 0.6 is 0 Å². The molecule has 0 spiro atoms. The van der Waals surface area contributed by atoms with E-state index in [2.05, 4.69) is 20.4 Å². The van der Waals surface area contributed by atoms with E-state index in [1.54, 1.807) is 0 Å². The molecule has 0 aliphatic rings. The summed E-state index contributed by atoms with van der Waals surface area (Å²) in [5.41, 5.74) is 11.8. The second-order valence-electron chi connectivity index (χ2n) is 2.86. The summed E-state index contributed by atoms with van der Waals surface area (Å²) in [6.45, 7) is 8.26. The van der Waals surface area contributed by atoms with Crippen LogP contribution in [0.25, 0.3) is 0 Å². The number of nitrogens with two attached hydrogens (primary N) is 2. The van der Waals surface area contributed by atoms with E-state index in [0.29, 0.717) is 6.54 Å². The summed E-state index contributed by atoms with van der Waals surface area (Å²) in [7, 11) is 0. The van der Waals surface area contributed by atoms with Crippen LogP contribution in [0.2, 0.25) is 0 Å². The first-order valence-electron chi connectivity index (χ1n) is 4.44. The van der Waals surface area contributed by atoms with Gasteiger partial charge >= 0.3 is 0 Å². The van der Waals surface area contributed by atoms with Crippen molar-refractivity contribution in [3.63, 3.8) is 0 Å². The Bertz CT molecular complexity index is 132. The van der Waals surface area contributed by atoms with Crippen molar-refractivity contribution < 1.29 is 4.74 Å². The Morgan fingerprint density at radius 2 is 1.92 bits per heavy atom. The van der Waals surface area contributed by atoms with Crippen LogP contribution in [0.15, 0.2) is 12.2 Å². The van der Waals surface area contributed by atoms with Crippen molar-refractivity contribution in [2.75, 3.05) is 6.54 Å². The normalized spacial score (nSPS) is 13.4. The van der Waals surface area contributed by atoms with Crippen LogP contribution in [0, 0.1) is 0 Å². The Morgan fingerprint density at radius 3 is 2.25 bits per heavy atom. The summed E-state index contributed by atoms with van der Waals surface area (Å²) in [5, 5.41) is 0. The van der Waals surface area contributed by atoms with Crippen LogP contribution in [0.1, 0.15) is 26.7 Å². The van der Waals surface area contributed by atoms with Gasteiger partial charge in [0.1, 0.15) is 6.23 Å². The van der Waals surface area contributed by atoms with E-state index in [4.69, 9.17) is 16.2 Å². The van der Waals surface area contributed by atoms with Crippen LogP contribution in [0.3, 0.4) is 0 Å². The van der Waals surface area contributed by atoms with Gasteiger partial charge in [-0.2, -0.15) is 0 Å². The van der Waals surface area contributed by atoms with Gasteiger partial charge in [0.2, 0.25) is 0 Å². The van der Waals surface area contributed by atoms with E-state index in [-0.39, 0.29) is 6.10 Å². The minimum atomic E-state index is -0.403. The van der Waals surface area contributed by atoms with Gasteiger partial charge in [-0.15, -0.1) is 0 Å². The fourth-order valence-electron chi connectivity index (χ4n) is 0.901. The summed E-state index contributed by atoms with van der Waals surface area (Å²) in [6, 6.07) is 0. The van der Waals surface area contributed by atoms with E-state index in [0.717, 1.165) is 18.4 Å². The lowest BCUT2D eigenvalue weighted by molar-refractivity contribution is 0.00646. The summed E-state index contributed by atoms with van der Waals surface area (Å²) >= 11 is 0. The first-order valence-corrected chi connectivity index (χ1v) is 4.44. The molecular formula is C9H20N2O. The Kier molecular flexibility index (Phi) is 5.98. The van der Waals surface area contributed by atoms with Crippen molar-refractivity contribution in [3.05, 3.63) is 12.2 Å². The zero-order valence-electron chi connectivity index (χ0n) is 8.05. The van der Waals surface area contributed by atoms with Crippen LogP contribution in [-0.2, 0) is 4.74 Å². The maximum absolute atomic E-state index is 5.68. The molecule has 0 aromatic rings. The van der Waals surface area contributed by atoms with E-state index in [9.17, 15) is 0 Å². The SMILES string of the molecule is C=C(CN)C(N)OC(CC)CC. The second-order valence-corrected chi connectivity index (χ2v) is 2.86. The van der Waals surface area contributed by atoms with E-state index >= 15 is 0 Å². The monoisotopic (exact) mass is 172 g/mol. The summed E-state index contributed by atoms with van der Waals surface area (Å²) in [5.74, 6) is 0. The zero-order chi connectivity index (χ0) is 9.56. The van der Waals surface area contributed by atoms with Gasteiger partial charge in [-0.3, -0.25) is 0 Å². The van der Waals surface area contributed by atoms with Crippen LogP contribution in [0.4, 0.5) is 0 Å². The smallest absolute Gasteiger partial charge is 0.129 e. The highest BCUT2D eigenvalue weighted by Gasteiger charge is 2.11. The maximum atomic E-state index is 5.68. The summed E-state index contributed by atoms with van der Waals surface area (Å²) in [6.07, 6.45) is 1.77. The van der Waals surface area contributed by atoms with E-state index in [1.165, 1.54) is 0 Å². The molecule has 1 unspecified atom stereocenters. The Hall–Kier alpha value is -0.380. The first kappa shape index (κ1) is 11.6. The van der Waals surface area contributed by atoms with Crippen molar-refractivity contribution in [3.8, 4) is 0 Å². The Balaban J connectivity index is 3.80. The van der Waals surface area contributed by atoms with Crippen molar-refractivity contribution in [1.29, 1.82) is 0 Å². The lowest BCUT2D eigenvalue weighted by Crippen LogP contribution is -2.33. The first-order chi connectivity index (χ1) is 5.65. The summed E-state index contributed by atoms with van der Waals surface area (Å²) < 4.78 is 5.50. The highest BCUT2D eigenvalue weighted by atomic mass is 16.5. The molecule has 3 nitrogen and oxygen atoms in total. The lowest BCUT2D eigenvalue weighted by atomic mass is 10.2. The molecule has 0 fully saturated rings. The summed E-state index contributed by atoms with van der Waals surface area (Å²) in [4.78, 5) is 0. The molecule has 0 aliphatic heterocycles. The van der Waals surface area contributed by atoms with Crippen molar-refractivity contribution in [2.24, 2.45) is 11.5 Å². The predicted octanol–water partition coefficient (Wildman–Crippen LogP) is 0.991. The lowest BCUT2D eigenvalue weighted by Gasteiger charge is -2.20. The molecule has 0 rings (SSSR count). The third-order valence-corrected chi connectivity index (χ3v) is 1.91.